The van der Waals surface area contributed by atoms with Crippen molar-refractivity contribution in [1.82, 2.24) is 0 Å². The van der Waals surface area contributed by atoms with Gasteiger partial charge in [-0.05, 0) is 36.8 Å². The van der Waals surface area contributed by atoms with Gasteiger partial charge in [0.05, 0.1) is 5.69 Å². The summed E-state index contributed by atoms with van der Waals surface area (Å²) in [6, 6.07) is 28.1. The Balaban J connectivity index is 1.93. The molecule has 0 saturated heterocycles. The second kappa shape index (κ2) is 7.36. The van der Waals surface area contributed by atoms with Crippen LogP contribution in [-0.4, -0.2) is 5.17 Å². The molecular formula is C26H19ClN2O. The third-order valence-corrected chi connectivity index (χ3v) is 5.33. The van der Waals surface area contributed by atoms with Gasteiger partial charge in [-0.3, -0.25) is 0 Å². The van der Waals surface area contributed by atoms with Crippen molar-refractivity contribution in [2.75, 3.05) is 5.73 Å². The van der Waals surface area contributed by atoms with Crippen molar-refractivity contribution in [3.8, 4) is 22.3 Å². The van der Waals surface area contributed by atoms with Gasteiger partial charge in [0.1, 0.15) is 16.3 Å². The van der Waals surface area contributed by atoms with Gasteiger partial charge in [-0.1, -0.05) is 72.3 Å². The molecule has 5 aromatic rings. The first-order valence-electron chi connectivity index (χ1n) is 9.73. The molecule has 0 fully saturated rings. The number of furan rings is 1. The van der Waals surface area contributed by atoms with Gasteiger partial charge >= 0.3 is 0 Å². The van der Waals surface area contributed by atoms with Crippen molar-refractivity contribution < 1.29 is 4.42 Å². The first-order valence-corrected chi connectivity index (χ1v) is 10.1. The quantitative estimate of drug-likeness (QED) is 0.243. The van der Waals surface area contributed by atoms with Gasteiger partial charge in [0.15, 0.2) is 0 Å². The number of nitrogens with two attached hydrogens (primary N) is 1. The van der Waals surface area contributed by atoms with Crippen molar-refractivity contribution >= 4 is 50.1 Å². The van der Waals surface area contributed by atoms with E-state index in [-0.39, 0.29) is 0 Å². The molecule has 3 nitrogen and oxygen atoms in total. The Morgan fingerprint density at radius 1 is 0.767 bits per heavy atom. The number of rotatable bonds is 3. The summed E-state index contributed by atoms with van der Waals surface area (Å²) in [4.78, 5) is 4.54. The van der Waals surface area contributed by atoms with Crippen LogP contribution in [0.5, 0.6) is 0 Å². The average Bonchev–Trinajstić information content (AvgIpc) is 3.12. The Hall–Kier alpha value is -3.56. The highest BCUT2D eigenvalue weighted by Gasteiger charge is 2.20. The van der Waals surface area contributed by atoms with Crippen molar-refractivity contribution in [3.63, 3.8) is 0 Å². The molecule has 0 amide bonds. The molecule has 0 aliphatic carbocycles. The van der Waals surface area contributed by atoms with Gasteiger partial charge in [0.2, 0.25) is 0 Å². The van der Waals surface area contributed by atoms with Crippen LogP contribution < -0.4 is 5.73 Å². The lowest BCUT2D eigenvalue weighted by Crippen LogP contribution is -1.93. The molecule has 0 unspecified atom stereocenters. The second-order valence-corrected chi connectivity index (χ2v) is 7.72. The molecule has 0 bridgehead atoms. The molecule has 5 rings (SSSR count). The van der Waals surface area contributed by atoms with E-state index in [0.29, 0.717) is 10.9 Å². The number of para-hydroxylation sites is 3. The van der Waals surface area contributed by atoms with Crippen molar-refractivity contribution in [2.24, 2.45) is 4.99 Å². The molecule has 146 valence electrons. The molecule has 4 aromatic carbocycles. The first kappa shape index (κ1) is 18.5. The molecule has 1 heterocycles. The zero-order chi connectivity index (χ0) is 20.7. The molecule has 2 N–H and O–H groups in total. The van der Waals surface area contributed by atoms with Crippen LogP contribution in [0.25, 0.3) is 44.2 Å². The maximum Gasteiger partial charge on any atom is 0.143 e. The Kier molecular flexibility index (Phi) is 4.53. The highest BCUT2D eigenvalue weighted by molar-refractivity contribution is 6.65. The van der Waals surface area contributed by atoms with Crippen LogP contribution >= 0.6 is 11.6 Å². The Morgan fingerprint density at radius 3 is 2.27 bits per heavy atom. The normalized spacial score (nSPS) is 12.0. The van der Waals surface area contributed by atoms with Gasteiger partial charge in [-0.2, -0.15) is 0 Å². The van der Waals surface area contributed by atoms with Crippen molar-refractivity contribution in [1.29, 1.82) is 0 Å². The minimum atomic E-state index is 0.480. The summed E-state index contributed by atoms with van der Waals surface area (Å²) in [7, 11) is 0. The van der Waals surface area contributed by atoms with Crippen molar-refractivity contribution in [3.05, 3.63) is 84.9 Å². The van der Waals surface area contributed by atoms with Gasteiger partial charge in [-0.15, -0.1) is 0 Å². The fourth-order valence-electron chi connectivity index (χ4n) is 3.97. The highest BCUT2D eigenvalue weighted by Crippen LogP contribution is 2.45. The second-order valence-electron chi connectivity index (χ2n) is 7.18. The standard InChI is InChI=1S/C26H19ClN2O/c1-16(27)29-23-12-6-3-8-17(23)19-14-15-20-18-9-4-7-13-24(18)30-26(20)25(19)21-10-2-5-11-22(21)28/h2-15H,28H2,1H3. The Bertz CT molecular complexity index is 1430. The van der Waals surface area contributed by atoms with E-state index in [1.54, 1.807) is 6.92 Å². The van der Waals surface area contributed by atoms with Crippen LogP contribution in [0, 0.1) is 0 Å². The lowest BCUT2D eigenvalue weighted by molar-refractivity contribution is 0.670. The molecule has 0 radical (unpaired) electrons. The molecule has 0 atom stereocenters. The molecule has 0 saturated carbocycles. The number of hydrogen-bond donors (Lipinski definition) is 1. The van der Waals surface area contributed by atoms with Crippen LogP contribution in [0.2, 0.25) is 0 Å². The molecule has 0 aliphatic rings. The first-order chi connectivity index (χ1) is 14.6. The lowest BCUT2D eigenvalue weighted by Gasteiger charge is -2.14. The Labute approximate surface area is 179 Å². The highest BCUT2D eigenvalue weighted by atomic mass is 35.5. The van der Waals surface area contributed by atoms with E-state index in [9.17, 15) is 0 Å². The summed E-state index contributed by atoms with van der Waals surface area (Å²) in [5.41, 5.74) is 13.4. The largest absolute Gasteiger partial charge is 0.455 e. The van der Waals surface area contributed by atoms with Crippen LogP contribution in [0.4, 0.5) is 11.4 Å². The van der Waals surface area contributed by atoms with Gasteiger partial charge in [0.25, 0.3) is 0 Å². The molecule has 30 heavy (non-hydrogen) atoms. The smallest absolute Gasteiger partial charge is 0.143 e. The third-order valence-electron chi connectivity index (χ3n) is 5.25. The topological polar surface area (TPSA) is 51.5 Å². The van der Waals surface area contributed by atoms with Crippen LogP contribution in [-0.2, 0) is 0 Å². The average molecular weight is 411 g/mol. The summed E-state index contributed by atoms with van der Waals surface area (Å²) in [5, 5.41) is 2.62. The summed E-state index contributed by atoms with van der Waals surface area (Å²) in [6.07, 6.45) is 0. The van der Waals surface area contributed by atoms with Gasteiger partial charge in [0, 0.05) is 33.2 Å². The van der Waals surface area contributed by atoms with E-state index in [1.165, 1.54) is 0 Å². The maximum absolute atomic E-state index is 6.41. The maximum atomic E-state index is 6.41. The zero-order valence-electron chi connectivity index (χ0n) is 16.4. The zero-order valence-corrected chi connectivity index (χ0v) is 17.1. The SMILES string of the molecule is CC(Cl)=Nc1ccccc1-c1ccc2c(oc3ccccc32)c1-c1ccccc1N. The fraction of sp³-hybridized carbons (Fsp3) is 0.0385. The van der Waals surface area contributed by atoms with E-state index in [4.69, 9.17) is 21.8 Å². The Morgan fingerprint density at radius 2 is 1.47 bits per heavy atom. The molecule has 0 spiro atoms. The predicted octanol–water partition coefficient (Wildman–Crippen LogP) is 7.79. The van der Waals surface area contributed by atoms with Crippen LogP contribution in [0.3, 0.4) is 0 Å². The number of halogens is 1. The van der Waals surface area contributed by atoms with E-state index >= 15 is 0 Å². The van der Waals surface area contributed by atoms with E-state index in [2.05, 4.69) is 23.2 Å². The van der Waals surface area contributed by atoms with E-state index in [1.807, 2.05) is 66.7 Å². The summed E-state index contributed by atoms with van der Waals surface area (Å²) >= 11 is 6.11. The number of nitrogens with zero attached hydrogens (tertiary/aromatic N) is 1. The minimum absolute atomic E-state index is 0.480. The number of anilines is 1. The van der Waals surface area contributed by atoms with Crippen molar-refractivity contribution in [2.45, 2.75) is 6.92 Å². The fourth-order valence-corrected chi connectivity index (χ4v) is 4.06. The summed E-state index contributed by atoms with van der Waals surface area (Å²) < 4.78 is 6.36. The summed E-state index contributed by atoms with van der Waals surface area (Å²) in [5.74, 6) is 0. The molecular weight excluding hydrogens is 392 g/mol. The molecule has 0 aliphatic heterocycles. The lowest BCUT2D eigenvalue weighted by atomic mass is 9.91. The molecule has 4 heteroatoms. The number of benzene rings is 4. The number of nitrogen functional groups attached to an aromatic ring is 1. The monoisotopic (exact) mass is 410 g/mol. The summed E-state index contributed by atoms with van der Waals surface area (Å²) in [6.45, 7) is 1.77. The minimum Gasteiger partial charge on any atom is -0.455 e. The van der Waals surface area contributed by atoms with Gasteiger partial charge < -0.3 is 10.2 Å². The number of fused-ring (bicyclic) bond motifs is 3. The van der Waals surface area contributed by atoms with Crippen LogP contribution in [0.1, 0.15) is 6.92 Å². The third kappa shape index (κ3) is 3.04. The molecule has 1 aromatic heterocycles. The number of hydrogen-bond acceptors (Lipinski definition) is 3. The van der Waals surface area contributed by atoms with E-state index in [0.717, 1.165) is 49.9 Å². The van der Waals surface area contributed by atoms with Gasteiger partial charge in [-0.25, -0.2) is 4.99 Å². The van der Waals surface area contributed by atoms with E-state index < -0.39 is 0 Å². The predicted molar refractivity (Wildman–Crippen MR) is 128 cm³/mol. The number of aliphatic imine (C=N–C) groups is 1. The van der Waals surface area contributed by atoms with Crippen LogP contribution in [0.15, 0.2) is 94.3 Å².